The summed E-state index contributed by atoms with van der Waals surface area (Å²) >= 11 is 0. The molecule has 0 aromatic rings. The maximum absolute atomic E-state index is 5.11. The molecule has 1 saturated heterocycles. The van der Waals surface area contributed by atoms with Gasteiger partial charge in [-0.05, 0) is 6.92 Å². The quantitative estimate of drug-likeness (QED) is 0.556. The van der Waals surface area contributed by atoms with Crippen LogP contribution in [0.4, 0.5) is 0 Å². The molecule has 0 aliphatic carbocycles. The van der Waals surface area contributed by atoms with Crippen molar-refractivity contribution in [3.63, 3.8) is 0 Å². The number of rotatable bonds is 3. The van der Waals surface area contributed by atoms with Gasteiger partial charge in [0.1, 0.15) is 12.9 Å². The van der Waals surface area contributed by atoms with Gasteiger partial charge < -0.3 is 14.2 Å². The first kappa shape index (κ1) is 6.99. The van der Waals surface area contributed by atoms with E-state index in [2.05, 4.69) is 0 Å². The topological polar surface area (TPSA) is 27.7 Å². The van der Waals surface area contributed by atoms with Crippen LogP contribution in [0.15, 0.2) is 0 Å². The smallest absolute Gasteiger partial charge is 0.147 e. The molecule has 0 aromatic heterocycles. The summed E-state index contributed by atoms with van der Waals surface area (Å²) in [6.45, 7) is 4.49. The van der Waals surface area contributed by atoms with Crippen molar-refractivity contribution in [1.29, 1.82) is 0 Å². The van der Waals surface area contributed by atoms with Gasteiger partial charge in [-0.25, -0.2) is 0 Å². The van der Waals surface area contributed by atoms with Crippen LogP contribution in [0, 0.1) is 0 Å². The maximum atomic E-state index is 5.11. The van der Waals surface area contributed by atoms with Crippen LogP contribution in [0.25, 0.3) is 0 Å². The summed E-state index contributed by atoms with van der Waals surface area (Å²) < 4.78 is 15.2. The van der Waals surface area contributed by atoms with Crippen molar-refractivity contribution < 1.29 is 14.2 Å². The Bertz CT molecular complexity index is 68.7. The zero-order valence-corrected chi connectivity index (χ0v) is 5.63. The van der Waals surface area contributed by atoms with E-state index in [0.29, 0.717) is 20.0 Å². The Morgan fingerprint density at radius 1 is 1.67 bits per heavy atom. The molecule has 9 heavy (non-hydrogen) atoms. The van der Waals surface area contributed by atoms with Crippen LogP contribution in [-0.2, 0) is 14.2 Å². The van der Waals surface area contributed by atoms with Gasteiger partial charge in [-0.2, -0.15) is 0 Å². The molecular weight excluding hydrogens is 120 g/mol. The summed E-state index contributed by atoms with van der Waals surface area (Å²) in [7, 11) is 0. The standard InChI is InChI=1S/C6H12O3/c1-2-7-3-6-4-8-5-9-6/h6H,2-5H2,1H3. The highest BCUT2D eigenvalue weighted by atomic mass is 16.7. The normalized spacial score (nSPS) is 27.0. The maximum Gasteiger partial charge on any atom is 0.147 e. The first-order valence-electron chi connectivity index (χ1n) is 3.20. The fourth-order valence-corrected chi connectivity index (χ4v) is 0.718. The first-order valence-corrected chi connectivity index (χ1v) is 3.20. The lowest BCUT2D eigenvalue weighted by Gasteiger charge is -2.05. The van der Waals surface area contributed by atoms with Crippen LogP contribution in [0.3, 0.4) is 0 Å². The van der Waals surface area contributed by atoms with E-state index in [1.54, 1.807) is 0 Å². The summed E-state index contributed by atoms with van der Waals surface area (Å²) in [4.78, 5) is 0. The molecule has 1 rings (SSSR count). The second kappa shape index (κ2) is 3.82. The van der Waals surface area contributed by atoms with E-state index in [0.717, 1.165) is 6.61 Å². The van der Waals surface area contributed by atoms with Crippen molar-refractivity contribution in [3.05, 3.63) is 0 Å². The lowest BCUT2D eigenvalue weighted by Crippen LogP contribution is -2.17. The highest BCUT2D eigenvalue weighted by Gasteiger charge is 2.14. The summed E-state index contributed by atoms with van der Waals surface area (Å²) in [5.41, 5.74) is 0. The molecule has 1 heterocycles. The molecule has 1 fully saturated rings. The molecule has 0 spiro atoms. The Kier molecular flexibility index (Phi) is 2.97. The minimum atomic E-state index is 0.171. The lowest BCUT2D eigenvalue weighted by molar-refractivity contribution is 0.00807. The number of hydrogen-bond acceptors (Lipinski definition) is 3. The van der Waals surface area contributed by atoms with E-state index in [9.17, 15) is 0 Å². The molecule has 0 saturated carbocycles. The van der Waals surface area contributed by atoms with E-state index < -0.39 is 0 Å². The molecule has 1 atom stereocenters. The molecular formula is C6H12O3. The molecule has 1 unspecified atom stereocenters. The fraction of sp³-hybridized carbons (Fsp3) is 1.00. The Balaban J connectivity index is 1.98. The highest BCUT2D eigenvalue weighted by Crippen LogP contribution is 2.02. The Labute approximate surface area is 54.9 Å². The van der Waals surface area contributed by atoms with Gasteiger partial charge in [0.25, 0.3) is 0 Å². The molecule has 0 amide bonds. The Morgan fingerprint density at radius 3 is 3.11 bits per heavy atom. The van der Waals surface area contributed by atoms with E-state index in [1.165, 1.54) is 0 Å². The number of hydrogen-bond donors (Lipinski definition) is 0. The second-order valence-corrected chi connectivity index (χ2v) is 1.94. The van der Waals surface area contributed by atoms with Crippen LogP contribution in [0.2, 0.25) is 0 Å². The zero-order chi connectivity index (χ0) is 6.53. The highest BCUT2D eigenvalue weighted by molar-refractivity contribution is 4.57. The van der Waals surface area contributed by atoms with Crippen LogP contribution in [0.1, 0.15) is 6.92 Å². The molecule has 0 N–H and O–H groups in total. The molecule has 0 radical (unpaired) electrons. The van der Waals surface area contributed by atoms with Crippen LogP contribution < -0.4 is 0 Å². The molecule has 54 valence electrons. The molecule has 0 bridgehead atoms. The van der Waals surface area contributed by atoms with E-state index in [4.69, 9.17) is 14.2 Å². The number of ether oxygens (including phenoxy) is 3. The minimum Gasteiger partial charge on any atom is -0.379 e. The van der Waals surface area contributed by atoms with Crippen LogP contribution in [0.5, 0.6) is 0 Å². The Morgan fingerprint density at radius 2 is 2.56 bits per heavy atom. The van der Waals surface area contributed by atoms with E-state index in [-0.39, 0.29) is 6.10 Å². The molecule has 3 heteroatoms. The third-order valence-corrected chi connectivity index (χ3v) is 1.20. The summed E-state index contributed by atoms with van der Waals surface area (Å²) in [5, 5.41) is 0. The van der Waals surface area contributed by atoms with Gasteiger partial charge in [0.2, 0.25) is 0 Å². The first-order chi connectivity index (χ1) is 4.43. The summed E-state index contributed by atoms with van der Waals surface area (Å²) in [6, 6.07) is 0. The van der Waals surface area contributed by atoms with Gasteiger partial charge in [0, 0.05) is 6.61 Å². The van der Waals surface area contributed by atoms with E-state index in [1.807, 2.05) is 6.92 Å². The SMILES string of the molecule is CCOCC1COCO1. The van der Waals surface area contributed by atoms with Crippen molar-refractivity contribution in [3.8, 4) is 0 Å². The van der Waals surface area contributed by atoms with Crippen molar-refractivity contribution in [1.82, 2.24) is 0 Å². The summed E-state index contributed by atoms with van der Waals surface area (Å²) in [6.07, 6.45) is 0.171. The second-order valence-electron chi connectivity index (χ2n) is 1.94. The van der Waals surface area contributed by atoms with Crippen molar-refractivity contribution in [2.75, 3.05) is 26.6 Å². The third-order valence-electron chi connectivity index (χ3n) is 1.20. The van der Waals surface area contributed by atoms with Crippen LogP contribution in [-0.4, -0.2) is 32.7 Å². The monoisotopic (exact) mass is 132 g/mol. The summed E-state index contributed by atoms with van der Waals surface area (Å²) in [5.74, 6) is 0. The van der Waals surface area contributed by atoms with Gasteiger partial charge in [0.15, 0.2) is 0 Å². The fourth-order valence-electron chi connectivity index (χ4n) is 0.718. The van der Waals surface area contributed by atoms with Gasteiger partial charge in [-0.1, -0.05) is 0 Å². The molecule has 1 aliphatic rings. The average molecular weight is 132 g/mol. The molecule has 1 aliphatic heterocycles. The average Bonchev–Trinajstić information content (AvgIpc) is 2.34. The van der Waals surface area contributed by atoms with Crippen molar-refractivity contribution in [2.24, 2.45) is 0 Å². The van der Waals surface area contributed by atoms with E-state index >= 15 is 0 Å². The predicted octanol–water partition coefficient (Wildman–Crippen LogP) is 0.396. The van der Waals surface area contributed by atoms with Crippen molar-refractivity contribution in [2.45, 2.75) is 13.0 Å². The van der Waals surface area contributed by atoms with Crippen LogP contribution >= 0.6 is 0 Å². The van der Waals surface area contributed by atoms with Gasteiger partial charge in [0.05, 0.1) is 13.2 Å². The lowest BCUT2D eigenvalue weighted by atomic mass is 10.4. The van der Waals surface area contributed by atoms with Crippen molar-refractivity contribution >= 4 is 0 Å². The van der Waals surface area contributed by atoms with Gasteiger partial charge in [-0.3, -0.25) is 0 Å². The van der Waals surface area contributed by atoms with Gasteiger partial charge in [-0.15, -0.1) is 0 Å². The van der Waals surface area contributed by atoms with Gasteiger partial charge >= 0.3 is 0 Å². The zero-order valence-electron chi connectivity index (χ0n) is 5.63. The largest absolute Gasteiger partial charge is 0.379 e. The Hall–Kier alpha value is -0.120. The third kappa shape index (κ3) is 2.30. The molecule has 0 aromatic carbocycles. The predicted molar refractivity (Wildman–Crippen MR) is 32.2 cm³/mol. The minimum absolute atomic E-state index is 0.171. The molecule has 3 nitrogen and oxygen atoms in total.